The predicted octanol–water partition coefficient (Wildman–Crippen LogP) is 2.16. The fraction of sp³-hybridized carbons (Fsp3) is 0.800. The molecule has 1 N–H and O–H groups in total. The van der Waals surface area contributed by atoms with Crippen molar-refractivity contribution in [2.45, 2.75) is 57.7 Å². The van der Waals surface area contributed by atoms with Crippen LogP contribution in [0.5, 0.6) is 0 Å². The lowest BCUT2D eigenvalue weighted by molar-refractivity contribution is 0.230. The molecule has 108 valence electrons. The minimum atomic E-state index is 0.558. The van der Waals surface area contributed by atoms with Crippen molar-refractivity contribution in [2.75, 3.05) is 13.6 Å². The highest BCUT2D eigenvalue weighted by molar-refractivity contribution is 5.03. The summed E-state index contributed by atoms with van der Waals surface area (Å²) in [6, 6.07) is 1.31. The average molecular weight is 264 g/mol. The monoisotopic (exact) mass is 264 g/mol. The molecule has 1 heterocycles. The van der Waals surface area contributed by atoms with Crippen LogP contribution in [0.15, 0.2) is 12.4 Å². The lowest BCUT2D eigenvalue weighted by atomic mass is 9.95. The Balaban J connectivity index is 1.70. The molecule has 2 rings (SSSR count). The van der Waals surface area contributed by atoms with Crippen molar-refractivity contribution in [3.63, 3.8) is 0 Å². The van der Waals surface area contributed by atoms with E-state index in [1.807, 2.05) is 17.9 Å². The standard InChI is InChI=1S/C15H28N4/c1-13(9-16-15-7-5-4-6-8-15)18(2)11-14-10-17-19(3)12-14/h10,12-13,15-16H,4-9,11H2,1-3H3. The Labute approximate surface area is 117 Å². The molecule has 0 bridgehead atoms. The number of aromatic nitrogens is 2. The van der Waals surface area contributed by atoms with Crippen molar-refractivity contribution in [1.29, 1.82) is 0 Å². The minimum Gasteiger partial charge on any atom is -0.312 e. The van der Waals surface area contributed by atoms with E-state index in [1.165, 1.54) is 37.7 Å². The number of likely N-dealkylation sites (N-methyl/N-ethyl adjacent to an activating group) is 1. The average Bonchev–Trinajstić information content (AvgIpc) is 2.82. The molecule has 19 heavy (non-hydrogen) atoms. The van der Waals surface area contributed by atoms with Crippen LogP contribution in [-0.2, 0) is 13.6 Å². The molecule has 1 fully saturated rings. The van der Waals surface area contributed by atoms with Gasteiger partial charge in [0.2, 0.25) is 0 Å². The molecule has 0 aromatic carbocycles. The summed E-state index contributed by atoms with van der Waals surface area (Å²) in [5.41, 5.74) is 1.29. The second-order valence-corrected chi connectivity index (χ2v) is 6.03. The number of hydrogen-bond donors (Lipinski definition) is 1. The van der Waals surface area contributed by atoms with Gasteiger partial charge in [0.1, 0.15) is 0 Å². The van der Waals surface area contributed by atoms with Gasteiger partial charge >= 0.3 is 0 Å². The summed E-state index contributed by atoms with van der Waals surface area (Å²) in [6.07, 6.45) is 11.0. The molecular weight excluding hydrogens is 236 g/mol. The molecule has 1 aromatic rings. The van der Waals surface area contributed by atoms with Gasteiger partial charge in [-0.05, 0) is 26.8 Å². The number of rotatable bonds is 6. The van der Waals surface area contributed by atoms with Crippen LogP contribution in [0.1, 0.15) is 44.6 Å². The molecule has 4 heteroatoms. The molecule has 4 nitrogen and oxygen atoms in total. The fourth-order valence-corrected chi connectivity index (χ4v) is 2.80. The van der Waals surface area contributed by atoms with E-state index in [9.17, 15) is 0 Å². The van der Waals surface area contributed by atoms with E-state index < -0.39 is 0 Å². The molecule has 1 unspecified atom stereocenters. The van der Waals surface area contributed by atoms with Crippen LogP contribution in [0.3, 0.4) is 0 Å². The molecule has 1 atom stereocenters. The highest BCUT2D eigenvalue weighted by Crippen LogP contribution is 2.17. The molecule has 1 aliphatic carbocycles. The first-order valence-electron chi connectivity index (χ1n) is 7.56. The van der Waals surface area contributed by atoms with Crippen LogP contribution in [-0.4, -0.2) is 40.4 Å². The summed E-state index contributed by atoms with van der Waals surface area (Å²) >= 11 is 0. The highest BCUT2D eigenvalue weighted by atomic mass is 15.2. The van der Waals surface area contributed by atoms with Gasteiger partial charge in [0.25, 0.3) is 0 Å². The maximum atomic E-state index is 4.22. The van der Waals surface area contributed by atoms with Gasteiger partial charge < -0.3 is 5.32 Å². The zero-order chi connectivity index (χ0) is 13.7. The molecule has 0 saturated heterocycles. The Bertz CT molecular complexity index is 368. The van der Waals surface area contributed by atoms with Crippen molar-refractivity contribution < 1.29 is 0 Å². The first kappa shape index (κ1) is 14.5. The molecule has 1 aliphatic rings. The lowest BCUT2D eigenvalue weighted by Crippen LogP contribution is -2.42. The van der Waals surface area contributed by atoms with Crippen LogP contribution in [0.4, 0.5) is 0 Å². The van der Waals surface area contributed by atoms with Crippen molar-refractivity contribution in [3.05, 3.63) is 18.0 Å². The molecule has 0 aliphatic heterocycles. The van der Waals surface area contributed by atoms with Crippen LogP contribution >= 0.6 is 0 Å². The van der Waals surface area contributed by atoms with Gasteiger partial charge in [0.05, 0.1) is 6.20 Å². The quantitative estimate of drug-likeness (QED) is 0.855. The Morgan fingerprint density at radius 2 is 2.16 bits per heavy atom. The summed E-state index contributed by atoms with van der Waals surface area (Å²) in [4.78, 5) is 2.40. The molecular formula is C15H28N4. The SMILES string of the molecule is CC(CNC1CCCCC1)N(C)Cc1cnn(C)c1. The van der Waals surface area contributed by atoms with Crippen LogP contribution in [0.2, 0.25) is 0 Å². The second kappa shape index (κ2) is 7.06. The largest absolute Gasteiger partial charge is 0.312 e. The van der Waals surface area contributed by atoms with Gasteiger partial charge in [-0.2, -0.15) is 5.10 Å². The lowest BCUT2D eigenvalue weighted by Gasteiger charge is -2.28. The van der Waals surface area contributed by atoms with E-state index in [-0.39, 0.29) is 0 Å². The Hall–Kier alpha value is -0.870. The third kappa shape index (κ3) is 4.62. The van der Waals surface area contributed by atoms with E-state index in [0.29, 0.717) is 6.04 Å². The zero-order valence-electron chi connectivity index (χ0n) is 12.6. The molecule has 1 saturated carbocycles. The van der Waals surface area contributed by atoms with E-state index in [1.54, 1.807) is 0 Å². The fourth-order valence-electron chi connectivity index (χ4n) is 2.80. The third-order valence-electron chi connectivity index (χ3n) is 4.25. The van der Waals surface area contributed by atoms with Gasteiger partial charge in [-0.1, -0.05) is 19.3 Å². The van der Waals surface area contributed by atoms with E-state index in [4.69, 9.17) is 0 Å². The van der Waals surface area contributed by atoms with Crippen molar-refractivity contribution in [3.8, 4) is 0 Å². The first-order chi connectivity index (χ1) is 9.15. The maximum absolute atomic E-state index is 4.22. The van der Waals surface area contributed by atoms with Gasteiger partial charge in [-0.3, -0.25) is 9.58 Å². The Kier molecular flexibility index (Phi) is 5.40. The number of aryl methyl sites for hydroxylation is 1. The maximum Gasteiger partial charge on any atom is 0.0534 e. The van der Waals surface area contributed by atoms with Gasteiger partial charge in [0.15, 0.2) is 0 Å². The van der Waals surface area contributed by atoms with Crippen molar-refractivity contribution in [2.24, 2.45) is 7.05 Å². The Morgan fingerprint density at radius 1 is 1.42 bits per heavy atom. The Morgan fingerprint density at radius 3 is 2.79 bits per heavy atom. The summed E-state index contributed by atoms with van der Waals surface area (Å²) in [6.45, 7) is 4.36. The minimum absolute atomic E-state index is 0.558. The van der Waals surface area contributed by atoms with E-state index in [0.717, 1.165) is 19.1 Å². The zero-order valence-corrected chi connectivity index (χ0v) is 12.6. The summed E-state index contributed by atoms with van der Waals surface area (Å²) in [5.74, 6) is 0. The van der Waals surface area contributed by atoms with Gasteiger partial charge in [0, 0.05) is 44.0 Å². The normalized spacial score (nSPS) is 18.9. The van der Waals surface area contributed by atoms with E-state index >= 15 is 0 Å². The summed E-state index contributed by atoms with van der Waals surface area (Å²) < 4.78 is 1.87. The van der Waals surface area contributed by atoms with E-state index in [2.05, 4.69) is 35.5 Å². The van der Waals surface area contributed by atoms with Gasteiger partial charge in [-0.15, -0.1) is 0 Å². The second-order valence-electron chi connectivity index (χ2n) is 6.03. The van der Waals surface area contributed by atoms with Crippen molar-refractivity contribution >= 4 is 0 Å². The van der Waals surface area contributed by atoms with Crippen LogP contribution in [0.25, 0.3) is 0 Å². The van der Waals surface area contributed by atoms with Crippen LogP contribution < -0.4 is 5.32 Å². The highest BCUT2D eigenvalue weighted by Gasteiger charge is 2.15. The van der Waals surface area contributed by atoms with Crippen LogP contribution in [0, 0.1) is 0 Å². The first-order valence-corrected chi connectivity index (χ1v) is 7.56. The number of nitrogens with one attached hydrogen (secondary N) is 1. The van der Waals surface area contributed by atoms with Gasteiger partial charge in [-0.25, -0.2) is 0 Å². The predicted molar refractivity (Wildman–Crippen MR) is 79.0 cm³/mol. The molecule has 0 radical (unpaired) electrons. The summed E-state index contributed by atoms with van der Waals surface area (Å²) in [7, 11) is 4.16. The number of hydrogen-bond acceptors (Lipinski definition) is 3. The molecule has 0 amide bonds. The topological polar surface area (TPSA) is 33.1 Å². The molecule has 1 aromatic heterocycles. The van der Waals surface area contributed by atoms with Crippen molar-refractivity contribution in [1.82, 2.24) is 20.0 Å². The third-order valence-corrected chi connectivity index (χ3v) is 4.25. The number of nitrogens with zero attached hydrogens (tertiary/aromatic N) is 3. The summed E-state index contributed by atoms with van der Waals surface area (Å²) in [5, 5.41) is 7.95. The molecule has 0 spiro atoms. The smallest absolute Gasteiger partial charge is 0.0534 e.